The SMILES string of the molecule is CC(C)[C@H](N)C(=O)NCC(=O)N1CC2CCCN2CC1C.Cl.Cl. The minimum Gasteiger partial charge on any atom is -0.346 e. The third-order valence-corrected chi connectivity index (χ3v) is 4.69. The quantitative estimate of drug-likeness (QED) is 0.762. The van der Waals surface area contributed by atoms with Gasteiger partial charge in [0, 0.05) is 25.2 Å². The molecule has 23 heavy (non-hydrogen) atoms. The summed E-state index contributed by atoms with van der Waals surface area (Å²) >= 11 is 0. The normalized spacial score (nSPS) is 25.2. The number of hydrogen-bond donors (Lipinski definition) is 2. The van der Waals surface area contributed by atoms with Crippen molar-refractivity contribution in [3.8, 4) is 0 Å². The molecule has 0 bridgehead atoms. The molecule has 0 aromatic heterocycles. The van der Waals surface area contributed by atoms with Gasteiger partial charge in [-0.05, 0) is 32.2 Å². The van der Waals surface area contributed by atoms with Gasteiger partial charge in [0.25, 0.3) is 0 Å². The molecule has 0 aliphatic carbocycles. The zero-order valence-corrected chi connectivity index (χ0v) is 15.8. The molecular formula is C15H30Cl2N4O2. The Balaban J connectivity index is 0.00000242. The number of carbonyl (C=O) groups excluding carboxylic acids is 2. The van der Waals surface area contributed by atoms with Gasteiger partial charge in [-0.3, -0.25) is 14.5 Å². The molecule has 3 atom stereocenters. The molecule has 0 saturated carbocycles. The zero-order chi connectivity index (χ0) is 15.6. The van der Waals surface area contributed by atoms with Gasteiger partial charge in [-0.2, -0.15) is 0 Å². The summed E-state index contributed by atoms with van der Waals surface area (Å²) < 4.78 is 0. The fourth-order valence-electron chi connectivity index (χ4n) is 3.22. The van der Waals surface area contributed by atoms with Crippen LogP contribution in [0.3, 0.4) is 0 Å². The van der Waals surface area contributed by atoms with Crippen LogP contribution >= 0.6 is 24.8 Å². The van der Waals surface area contributed by atoms with Crippen molar-refractivity contribution in [3.63, 3.8) is 0 Å². The molecular weight excluding hydrogens is 339 g/mol. The van der Waals surface area contributed by atoms with E-state index < -0.39 is 6.04 Å². The molecule has 0 aromatic carbocycles. The van der Waals surface area contributed by atoms with Gasteiger partial charge in [0.1, 0.15) is 0 Å². The third-order valence-electron chi connectivity index (χ3n) is 4.69. The fourth-order valence-corrected chi connectivity index (χ4v) is 3.22. The molecule has 2 amide bonds. The van der Waals surface area contributed by atoms with Crippen molar-refractivity contribution in [3.05, 3.63) is 0 Å². The Morgan fingerprint density at radius 2 is 1.91 bits per heavy atom. The Morgan fingerprint density at radius 1 is 1.26 bits per heavy atom. The lowest BCUT2D eigenvalue weighted by molar-refractivity contribution is -0.137. The zero-order valence-electron chi connectivity index (χ0n) is 14.2. The molecule has 2 heterocycles. The Labute approximate surface area is 151 Å². The van der Waals surface area contributed by atoms with Crippen molar-refractivity contribution in [1.29, 1.82) is 0 Å². The van der Waals surface area contributed by atoms with E-state index in [1.807, 2.05) is 18.7 Å². The molecule has 3 N–H and O–H groups in total. The number of carbonyl (C=O) groups is 2. The summed E-state index contributed by atoms with van der Waals surface area (Å²) in [5, 5.41) is 2.67. The van der Waals surface area contributed by atoms with Crippen LogP contribution in [-0.2, 0) is 9.59 Å². The van der Waals surface area contributed by atoms with E-state index in [-0.39, 0.29) is 55.1 Å². The number of rotatable bonds is 4. The maximum absolute atomic E-state index is 12.3. The second-order valence-electron chi connectivity index (χ2n) is 6.67. The molecule has 2 aliphatic rings. The summed E-state index contributed by atoms with van der Waals surface area (Å²) in [6.07, 6.45) is 2.39. The maximum atomic E-state index is 12.3. The summed E-state index contributed by atoms with van der Waals surface area (Å²) in [5.41, 5.74) is 5.78. The highest BCUT2D eigenvalue weighted by molar-refractivity contribution is 5.87. The molecule has 6 nitrogen and oxygen atoms in total. The Kier molecular flexibility index (Phi) is 9.43. The van der Waals surface area contributed by atoms with Crippen molar-refractivity contribution in [2.24, 2.45) is 11.7 Å². The molecule has 2 aliphatic heterocycles. The van der Waals surface area contributed by atoms with Crippen molar-refractivity contribution in [1.82, 2.24) is 15.1 Å². The van der Waals surface area contributed by atoms with Crippen LogP contribution in [0.15, 0.2) is 0 Å². The first-order valence-corrected chi connectivity index (χ1v) is 7.97. The van der Waals surface area contributed by atoms with Crippen LogP contribution in [0, 0.1) is 5.92 Å². The number of nitrogens with one attached hydrogen (secondary N) is 1. The molecule has 2 saturated heterocycles. The van der Waals surface area contributed by atoms with Crippen LogP contribution in [-0.4, -0.2) is 65.9 Å². The van der Waals surface area contributed by atoms with Gasteiger partial charge in [0.2, 0.25) is 11.8 Å². The van der Waals surface area contributed by atoms with Crippen molar-refractivity contribution >= 4 is 36.6 Å². The third kappa shape index (κ3) is 5.48. The Bertz CT molecular complexity index is 409. The van der Waals surface area contributed by atoms with E-state index in [4.69, 9.17) is 5.73 Å². The molecule has 2 unspecified atom stereocenters. The predicted octanol–water partition coefficient (Wildman–Crippen LogP) is 0.625. The highest BCUT2D eigenvalue weighted by atomic mass is 35.5. The summed E-state index contributed by atoms with van der Waals surface area (Å²) in [5.74, 6) is -0.176. The average Bonchev–Trinajstić information content (AvgIpc) is 2.89. The highest BCUT2D eigenvalue weighted by Gasteiger charge is 2.36. The molecule has 8 heteroatoms. The number of hydrogen-bond acceptors (Lipinski definition) is 4. The van der Waals surface area contributed by atoms with E-state index in [0.29, 0.717) is 6.04 Å². The minimum absolute atomic E-state index is 0. The average molecular weight is 369 g/mol. The summed E-state index contributed by atoms with van der Waals surface area (Å²) in [7, 11) is 0. The van der Waals surface area contributed by atoms with Crippen molar-refractivity contribution in [2.75, 3.05) is 26.2 Å². The van der Waals surface area contributed by atoms with Crippen LogP contribution in [0.2, 0.25) is 0 Å². The number of piperazine rings is 1. The molecule has 0 spiro atoms. The number of nitrogens with two attached hydrogens (primary N) is 1. The van der Waals surface area contributed by atoms with Crippen molar-refractivity contribution < 1.29 is 9.59 Å². The number of fused-ring (bicyclic) bond motifs is 1. The molecule has 0 aromatic rings. The van der Waals surface area contributed by atoms with Gasteiger partial charge in [-0.25, -0.2) is 0 Å². The molecule has 136 valence electrons. The largest absolute Gasteiger partial charge is 0.346 e. The standard InChI is InChI=1S/C15H28N4O2.2ClH/c1-10(2)14(16)15(21)17-7-13(20)19-9-12-5-4-6-18(12)8-11(19)3;;/h10-12,14H,4-9,16H2,1-3H3,(H,17,21);2*1H/t11?,12?,14-;;/m0../s1. The summed E-state index contributed by atoms with van der Waals surface area (Å²) in [6.45, 7) is 8.80. The van der Waals surface area contributed by atoms with E-state index in [1.54, 1.807) is 0 Å². The second-order valence-corrected chi connectivity index (χ2v) is 6.67. The van der Waals surface area contributed by atoms with E-state index in [1.165, 1.54) is 12.8 Å². The fraction of sp³-hybridized carbons (Fsp3) is 0.867. The number of nitrogens with zero attached hydrogens (tertiary/aromatic N) is 2. The predicted molar refractivity (Wildman–Crippen MR) is 96.1 cm³/mol. The van der Waals surface area contributed by atoms with Gasteiger partial charge >= 0.3 is 0 Å². The molecule has 2 rings (SSSR count). The van der Waals surface area contributed by atoms with E-state index in [0.717, 1.165) is 19.6 Å². The van der Waals surface area contributed by atoms with E-state index >= 15 is 0 Å². The van der Waals surface area contributed by atoms with Crippen LogP contribution in [0.25, 0.3) is 0 Å². The molecule has 2 fully saturated rings. The minimum atomic E-state index is -0.554. The second kappa shape index (κ2) is 9.67. The van der Waals surface area contributed by atoms with Crippen LogP contribution in [0.1, 0.15) is 33.6 Å². The lowest BCUT2D eigenvalue weighted by Crippen LogP contribution is -2.58. The monoisotopic (exact) mass is 368 g/mol. The van der Waals surface area contributed by atoms with E-state index in [9.17, 15) is 9.59 Å². The van der Waals surface area contributed by atoms with Crippen molar-refractivity contribution in [2.45, 2.75) is 51.7 Å². The number of halogens is 2. The van der Waals surface area contributed by atoms with Crippen LogP contribution in [0.5, 0.6) is 0 Å². The van der Waals surface area contributed by atoms with Gasteiger partial charge < -0.3 is 16.0 Å². The topological polar surface area (TPSA) is 78.7 Å². The van der Waals surface area contributed by atoms with Gasteiger partial charge in [0.15, 0.2) is 0 Å². The van der Waals surface area contributed by atoms with Crippen LogP contribution in [0.4, 0.5) is 0 Å². The summed E-state index contributed by atoms with van der Waals surface area (Å²) in [4.78, 5) is 28.6. The first kappa shape index (κ1) is 22.4. The van der Waals surface area contributed by atoms with E-state index in [2.05, 4.69) is 17.1 Å². The summed E-state index contributed by atoms with van der Waals surface area (Å²) in [6, 6.07) is 0.156. The highest BCUT2D eigenvalue weighted by Crippen LogP contribution is 2.24. The first-order valence-electron chi connectivity index (χ1n) is 7.97. The lowest BCUT2D eigenvalue weighted by atomic mass is 10.1. The Morgan fingerprint density at radius 3 is 2.52 bits per heavy atom. The smallest absolute Gasteiger partial charge is 0.242 e. The van der Waals surface area contributed by atoms with Gasteiger partial charge in [-0.1, -0.05) is 13.8 Å². The lowest BCUT2D eigenvalue weighted by Gasteiger charge is -2.42. The maximum Gasteiger partial charge on any atom is 0.242 e. The van der Waals surface area contributed by atoms with Gasteiger partial charge in [0.05, 0.1) is 12.6 Å². The van der Waals surface area contributed by atoms with Gasteiger partial charge in [-0.15, -0.1) is 24.8 Å². The number of amides is 2. The molecule has 0 radical (unpaired) electrons. The van der Waals surface area contributed by atoms with Crippen LogP contribution < -0.4 is 11.1 Å². The Hall–Kier alpha value is -0.560. The first-order chi connectivity index (χ1) is 9.90.